The molecule has 3 aromatic rings. The van der Waals surface area contributed by atoms with Gasteiger partial charge in [0, 0.05) is 18.3 Å². The van der Waals surface area contributed by atoms with E-state index in [4.69, 9.17) is 0 Å². The third kappa shape index (κ3) is 4.66. The first-order valence-electron chi connectivity index (χ1n) is 8.58. The molecule has 1 heterocycles. The van der Waals surface area contributed by atoms with Crippen LogP contribution in [0.15, 0.2) is 73.2 Å². The quantitative estimate of drug-likeness (QED) is 0.615. The van der Waals surface area contributed by atoms with Gasteiger partial charge in [-0.25, -0.2) is 4.98 Å². The molecule has 5 heteroatoms. The predicted molar refractivity (Wildman–Crippen MR) is 99.6 cm³/mol. The van der Waals surface area contributed by atoms with E-state index in [1.165, 1.54) is 0 Å². The molecule has 0 aliphatic heterocycles. The maximum absolute atomic E-state index is 13.0. The fourth-order valence-electron chi connectivity index (χ4n) is 2.95. The van der Waals surface area contributed by atoms with Crippen molar-refractivity contribution in [3.8, 4) is 0 Å². The standard InChI is InChI=1S/C21H21N3O2/c25-14-19(12-18-13-22-15-23-18)24-21(26)20(17-9-5-2-6-10-17)11-16-7-3-1-4-8-16/h1-10,13-15,19-20H,11-12H2,(H,22,23)(H,24,26)/t19-,20?/m0/s1. The Morgan fingerprint density at radius 1 is 1.04 bits per heavy atom. The molecule has 2 N–H and O–H groups in total. The van der Waals surface area contributed by atoms with Crippen LogP contribution in [-0.2, 0) is 22.4 Å². The predicted octanol–water partition coefficient (Wildman–Crippen LogP) is 2.66. The number of hydrogen-bond acceptors (Lipinski definition) is 3. The summed E-state index contributed by atoms with van der Waals surface area (Å²) in [6, 6.07) is 18.9. The van der Waals surface area contributed by atoms with Gasteiger partial charge in [-0.15, -0.1) is 0 Å². The number of H-pyrrole nitrogens is 1. The Hall–Kier alpha value is -3.21. The van der Waals surface area contributed by atoms with E-state index in [9.17, 15) is 9.59 Å². The summed E-state index contributed by atoms with van der Waals surface area (Å²) in [6.45, 7) is 0. The molecule has 1 unspecified atom stereocenters. The fourth-order valence-corrected chi connectivity index (χ4v) is 2.95. The SMILES string of the molecule is O=C[C@H](Cc1cnc[nH]1)NC(=O)C(Cc1ccccc1)c1ccccc1. The van der Waals surface area contributed by atoms with Crippen LogP contribution >= 0.6 is 0 Å². The monoisotopic (exact) mass is 347 g/mol. The number of aldehydes is 1. The van der Waals surface area contributed by atoms with E-state index in [1.807, 2.05) is 60.7 Å². The molecule has 0 aliphatic carbocycles. The van der Waals surface area contributed by atoms with Crippen molar-refractivity contribution in [3.63, 3.8) is 0 Å². The number of imidazole rings is 1. The smallest absolute Gasteiger partial charge is 0.228 e. The van der Waals surface area contributed by atoms with Gasteiger partial charge in [-0.1, -0.05) is 60.7 Å². The molecule has 1 amide bonds. The van der Waals surface area contributed by atoms with E-state index in [-0.39, 0.29) is 11.8 Å². The van der Waals surface area contributed by atoms with Gasteiger partial charge in [0.15, 0.2) is 0 Å². The van der Waals surface area contributed by atoms with Crippen molar-refractivity contribution in [2.45, 2.75) is 24.8 Å². The second kappa shape index (κ2) is 8.76. The third-order valence-corrected chi connectivity index (χ3v) is 4.29. The Balaban J connectivity index is 1.76. The minimum absolute atomic E-state index is 0.156. The van der Waals surface area contributed by atoms with E-state index < -0.39 is 6.04 Å². The van der Waals surface area contributed by atoms with Gasteiger partial charge in [0.2, 0.25) is 5.91 Å². The van der Waals surface area contributed by atoms with Gasteiger partial charge in [0.05, 0.1) is 18.3 Å². The number of benzene rings is 2. The topological polar surface area (TPSA) is 74.8 Å². The van der Waals surface area contributed by atoms with E-state index in [0.717, 1.165) is 23.1 Å². The zero-order valence-corrected chi connectivity index (χ0v) is 14.3. The highest BCUT2D eigenvalue weighted by Crippen LogP contribution is 2.21. The van der Waals surface area contributed by atoms with Crippen molar-refractivity contribution >= 4 is 12.2 Å². The molecule has 0 spiro atoms. The lowest BCUT2D eigenvalue weighted by molar-refractivity contribution is -0.125. The lowest BCUT2D eigenvalue weighted by Crippen LogP contribution is -2.41. The van der Waals surface area contributed by atoms with Gasteiger partial charge < -0.3 is 15.1 Å². The number of hydrogen-bond donors (Lipinski definition) is 2. The Bertz CT molecular complexity index is 817. The number of carbonyl (C=O) groups excluding carboxylic acids is 2. The zero-order valence-electron chi connectivity index (χ0n) is 14.3. The fraction of sp³-hybridized carbons (Fsp3) is 0.190. The van der Waals surface area contributed by atoms with Crippen LogP contribution in [0.1, 0.15) is 22.7 Å². The molecule has 0 aliphatic rings. The van der Waals surface area contributed by atoms with Crippen LogP contribution in [0.5, 0.6) is 0 Å². The summed E-state index contributed by atoms with van der Waals surface area (Å²) in [7, 11) is 0. The molecule has 0 saturated heterocycles. The number of aromatic nitrogens is 2. The zero-order chi connectivity index (χ0) is 18.2. The molecule has 0 bridgehead atoms. The first kappa shape index (κ1) is 17.6. The summed E-state index contributed by atoms with van der Waals surface area (Å²) in [5, 5.41) is 2.87. The van der Waals surface area contributed by atoms with Gasteiger partial charge >= 0.3 is 0 Å². The van der Waals surface area contributed by atoms with Gasteiger partial charge in [0.1, 0.15) is 6.29 Å². The molecule has 2 aromatic carbocycles. The average molecular weight is 347 g/mol. The normalized spacial score (nSPS) is 12.9. The number of aromatic amines is 1. The molecule has 1 aromatic heterocycles. The Morgan fingerprint density at radius 3 is 2.35 bits per heavy atom. The molecule has 0 saturated carbocycles. The first-order valence-corrected chi connectivity index (χ1v) is 8.58. The second-order valence-corrected chi connectivity index (χ2v) is 6.19. The van der Waals surface area contributed by atoms with Crippen LogP contribution in [0.25, 0.3) is 0 Å². The van der Waals surface area contributed by atoms with Crippen LogP contribution in [0.4, 0.5) is 0 Å². The van der Waals surface area contributed by atoms with Gasteiger partial charge in [-0.3, -0.25) is 4.79 Å². The van der Waals surface area contributed by atoms with Crippen LogP contribution in [0.3, 0.4) is 0 Å². The minimum Gasteiger partial charge on any atom is -0.348 e. The second-order valence-electron chi connectivity index (χ2n) is 6.19. The Kier molecular flexibility index (Phi) is 5.93. The van der Waals surface area contributed by atoms with Crippen molar-refractivity contribution < 1.29 is 9.59 Å². The van der Waals surface area contributed by atoms with Crippen molar-refractivity contribution in [1.82, 2.24) is 15.3 Å². The molecular weight excluding hydrogens is 326 g/mol. The maximum Gasteiger partial charge on any atom is 0.228 e. The highest BCUT2D eigenvalue weighted by Gasteiger charge is 2.23. The molecule has 2 atom stereocenters. The Morgan fingerprint density at radius 2 is 1.73 bits per heavy atom. The molecule has 0 fully saturated rings. The molecular formula is C21H21N3O2. The van der Waals surface area contributed by atoms with Crippen LogP contribution < -0.4 is 5.32 Å². The van der Waals surface area contributed by atoms with Gasteiger partial charge in [-0.05, 0) is 17.5 Å². The molecule has 26 heavy (non-hydrogen) atoms. The summed E-state index contributed by atoms with van der Waals surface area (Å²) >= 11 is 0. The summed E-state index contributed by atoms with van der Waals surface area (Å²) < 4.78 is 0. The number of nitrogens with one attached hydrogen (secondary N) is 2. The first-order chi connectivity index (χ1) is 12.8. The average Bonchev–Trinajstić information content (AvgIpc) is 3.20. The number of carbonyl (C=O) groups is 2. The minimum atomic E-state index is -0.593. The highest BCUT2D eigenvalue weighted by atomic mass is 16.2. The van der Waals surface area contributed by atoms with Crippen LogP contribution in [0.2, 0.25) is 0 Å². The molecule has 3 rings (SSSR count). The summed E-state index contributed by atoms with van der Waals surface area (Å²) in [5.41, 5.74) is 2.81. The molecule has 5 nitrogen and oxygen atoms in total. The summed E-state index contributed by atoms with van der Waals surface area (Å²) in [5.74, 6) is -0.514. The van der Waals surface area contributed by atoms with E-state index in [2.05, 4.69) is 15.3 Å². The van der Waals surface area contributed by atoms with Crippen molar-refractivity contribution in [3.05, 3.63) is 90.0 Å². The third-order valence-electron chi connectivity index (χ3n) is 4.29. The van der Waals surface area contributed by atoms with Gasteiger partial charge in [-0.2, -0.15) is 0 Å². The lowest BCUT2D eigenvalue weighted by Gasteiger charge is -2.20. The summed E-state index contributed by atoms with van der Waals surface area (Å²) in [6.07, 6.45) is 4.94. The lowest BCUT2D eigenvalue weighted by atomic mass is 9.91. The van der Waals surface area contributed by atoms with Crippen molar-refractivity contribution in [2.75, 3.05) is 0 Å². The highest BCUT2D eigenvalue weighted by molar-refractivity contribution is 5.86. The van der Waals surface area contributed by atoms with Crippen LogP contribution in [0, 0.1) is 0 Å². The van der Waals surface area contributed by atoms with E-state index in [1.54, 1.807) is 12.5 Å². The number of rotatable bonds is 8. The van der Waals surface area contributed by atoms with E-state index in [0.29, 0.717) is 12.8 Å². The molecule has 132 valence electrons. The molecule has 0 radical (unpaired) electrons. The largest absolute Gasteiger partial charge is 0.348 e. The van der Waals surface area contributed by atoms with Crippen LogP contribution in [-0.4, -0.2) is 28.2 Å². The number of nitrogens with zero attached hydrogens (tertiary/aromatic N) is 1. The summed E-state index contributed by atoms with van der Waals surface area (Å²) in [4.78, 5) is 31.3. The van der Waals surface area contributed by atoms with E-state index >= 15 is 0 Å². The number of amides is 1. The maximum atomic E-state index is 13.0. The van der Waals surface area contributed by atoms with Crippen molar-refractivity contribution in [1.29, 1.82) is 0 Å². The van der Waals surface area contributed by atoms with Gasteiger partial charge in [0.25, 0.3) is 0 Å². The van der Waals surface area contributed by atoms with Crippen molar-refractivity contribution in [2.24, 2.45) is 0 Å². The Labute approximate surface area is 152 Å².